The van der Waals surface area contributed by atoms with Crippen LogP contribution in [0.15, 0.2) is 176 Å². The van der Waals surface area contributed by atoms with E-state index in [2.05, 4.69) is 194 Å². The van der Waals surface area contributed by atoms with E-state index >= 15 is 0 Å². The topological polar surface area (TPSA) is 30.7 Å². The summed E-state index contributed by atoms with van der Waals surface area (Å²) in [6, 6.07) is 63.4. The van der Waals surface area contributed by atoms with E-state index in [4.69, 9.17) is 9.97 Å². The van der Waals surface area contributed by atoms with Crippen molar-refractivity contribution in [1.82, 2.24) is 14.5 Å². The molecule has 2 heterocycles. The second kappa shape index (κ2) is 11.6. The van der Waals surface area contributed by atoms with Gasteiger partial charge in [0.2, 0.25) is 0 Å². The van der Waals surface area contributed by atoms with E-state index < -0.39 is 0 Å². The molecule has 2 aromatic heterocycles. The highest BCUT2D eigenvalue weighted by molar-refractivity contribution is 6.22. The molecule has 254 valence electrons. The molecule has 0 spiro atoms. The van der Waals surface area contributed by atoms with Crippen molar-refractivity contribution in [2.45, 2.75) is 19.3 Å². The van der Waals surface area contributed by atoms with Gasteiger partial charge in [0, 0.05) is 38.4 Å². The van der Waals surface area contributed by atoms with E-state index in [-0.39, 0.29) is 5.41 Å². The SMILES string of the molecule is CC1(C)c2ccccc2-c2ccc3c(-c4ccccc4)nc(-c4cccc(-c5ccc6c(c5)c5c7ccccc7ccc5n6-c5ccccc5)c4)nc3c21. The highest BCUT2D eigenvalue weighted by Gasteiger charge is 2.37. The third-order valence-corrected chi connectivity index (χ3v) is 11.6. The van der Waals surface area contributed by atoms with Crippen LogP contribution in [0.1, 0.15) is 25.0 Å². The maximum Gasteiger partial charge on any atom is 0.160 e. The lowest BCUT2D eigenvalue weighted by atomic mass is 9.81. The summed E-state index contributed by atoms with van der Waals surface area (Å²) in [7, 11) is 0. The van der Waals surface area contributed by atoms with Crippen molar-refractivity contribution < 1.29 is 0 Å². The molecule has 10 aromatic rings. The molecule has 11 rings (SSSR count). The fraction of sp³-hybridized carbons (Fsp3) is 0.0588. The fourth-order valence-electron chi connectivity index (χ4n) is 9.06. The van der Waals surface area contributed by atoms with Gasteiger partial charge < -0.3 is 4.57 Å². The maximum absolute atomic E-state index is 5.46. The third kappa shape index (κ3) is 4.48. The molecule has 54 heavy (non-hydrogen) atoms. The summed E-state index contributed by atoms with van der Waals surface area (Å²) in [6.45, 7) is 4.66. The molecule has 8 aromatic carbocycles. The highest BCUT2D eigenvalue weighted by atomic mass is 15.0. The quantitative estimate of drug-likeness (QED) is 0.184. The van der Waals surface area contributed by atoms with Gasteiger partial charge in [-0.3, -0.25) is 0 Å². The standard InChI is InChI=1S/C51H35N3/c1-51(2)43-23-12-11-22-39(43)40-26-27-41-48(33-15-5-3-6-16-33)52-50(53-49(41)47(40)51)36-18-13-17-34(30-36)35-25-28-44-42(31-35)46-38-21-10-9-14-32(38)24-29-45(46)54(44)37-19-7-4-8-20-37/h3-31H,1-2H3. The molecule has 3 heteroatoms. The molecular formula is C51H35N3. The Labute approximate surface area is 313 Å². The molecule has 1 aliphatic rings. The van der Waals surface area contributed by atoms with Gasteiger partial charge in [-0.1, -0.05) is 147 Å². The van der Waals surface area contributed by atoms with E-state index in [1.807, 2.05) is 0 Å². The number of para-hydroxylation sites is 1. The molecule has 0 saturated carbocycles. The Morgan fingerprint density at radius 3 is 2.04 bits per heavy atom. The van der Waals surface area contributed by atoms with Crippen molar-refractivity contribution in [3.8, 4) is 50.6 Å². The van der Waals surface area contributed by atoms with Gasteiger partial charge in [-0.2, -0.15) is 0 Å². The summed E-state index contributed by atoms with van der Waals surface area (Å²) in [5.41, 5.74) is 14.9. The summed E-state index contributed by atoms with van der Waals surface area (Å²) in [4.78, 5) is 10.8. The monoisotopic (exact) mass is 689 g/mol. The zero-order chi connectivity index (χ0) is 36.0. The van der Waals surface area contributed by atoms with Crippen LogP contribution < -0.4 is 0 Å². The van der Waals surface area contributed by atoms with E-state index in [0.717, 1.165) is 50.4 Å². The van der Waals surface area contributed by atoms with Gasteiger partial charge in [0.05, 0.1) is 22.2 Å². The van der Waals surface area contributed by atoms with Crippen LogP contribution in [0.4, 0.5) is 0 Å². The van der Waals surface area contributed by atoms with Gasteiger partial charge in [-0.05, 0) is 86.6 Å². The van der Waals surface area contributed by atoms with E-state index in [1.165, 1.54) is 54.8 Å². The molecule has 3 nitrogen and oxygen atoms in total. The third-order valence-electron chi connectivity index (χ3n) is 11.6. The number of hydrogen-bond acceptors (Lipinski definition) is 2. The van der Waals surface area contributed by atoms with Gasteiger partial charge in [0.15, 0.2) is 5.82 Å². The first-order valence-corrected chi connectivity index (χ1v) is 18.7. The largest absolute Gasteiger partial charge is 0.309 e. The first-order chi connectivity index (χ1) is 26.5. The molecule has 0 bridgehead atoms. The van der Waals surface area contributed by atoms with Crippen LogP contribution in [0.25, 0.3) is 94.1 Å². The molecule has 0 amide bonds. The molecule has 0 unspecified atom stereocenters. The van der Waals surface area contributed by atoms with E-state index in [0.29, 0.717) is 0 Å². The van der Waals surface area contributed by atoms with Crippen LogP contribution in [-0.4, -0.2) is 14.5 Å². The number of nitrogens with zero attached hydrogens (tertiary/aromatic N) is 3. The molecule has 0 aliphatic heterocycles. The molecule has 0 radical (unpaired) electrons. The van der Waals surface area contributed by atoms with Crippen molar-refractivity contribution in [3.63, 3.8) is 0 Å². The van der Waals surface area contributed by atoms with Gasteiger partial charge in [-0.15, -0.1) is 0 Å². The first kappa shape index (κ1) is 30.8. The lowest BCUT2D eigenvalue weighted by Crippen LogP contribution is -2.16. The van der Waals surface area contributed by atoms with Crippen molar-refractivity contribution in [1.29, 1.82) is 0 Å². The van der Waals surface area contributed by atoms with Crippen LogP contribution in [0.2, 0.25) is 0 Å². The van der Waals surface area contributed by atoms with E-state index in [1.54, 1.807) is 0 Å². The minimum atomic E-state index is -0.203. The van der Waals surface area contributed by atoms with Gasteiger partial charge in [0.1, 0.15) is 0 Å². The average molecular weight is 690 g/mol. The highest BCUT2D eigenvalue weighted by Crippen LogP contribution is 2.51. The number of hydrogen-bond donors (Lipinski definition) is 0. The predicted octanol–water partition coefficient (Wildman–Crippen LogP) is 13.2. The van der Waals surface area contributed by atoms with Crippen LogP contribution >= 0.6 is 0 Å². The summed E-state index contributed by atoms with van der Waals surface area (Å²) >= 11 is 0. The van der Waals surface area contributed by atoms with Gasteiger partial charge >= 0.3 is 0 Å². The molecule has 0 saturated heterocycles. The minimum Gasteiger partial charge on any atom is -0.309 e. The zero-order valence-corrected chi connectivity index (χ0v) is 30.1. The second-order valence-electron chi connectivity index (χ2n) is 15.0. The van der Waals surface area contributed by atoms with Crippen molar-refractivity contribution in [2.24, 2.45) is 0 Å². The number of aromatic nitrogens is 3. The lowest BCUT2D eigenvalue weighted by Gasteiger charge is -2.23. The van der Waals surface area contributed by atoms with Crippen LogP contribution in [0.3, 0.4) is 0 Å². The Hall–Kier alpha value is -6.84. The molecule has 0 N–H and O–H groups in total. The summed E-state index contributed by atoms with van der Waals surface area (Å²) in [6.07, 6.45) is 0. The Kier molecular flexibility index (Phi) is 6.60. The first-order valence-electron chi connectivity index (χ1n) is 18.7. The molecule has 1 aliphatic carbocycles. The minimum absolute atomic E-state index is 0.203. The lowest BCUT2D eigenvalue weighted by molar-refractivity contribution is 0.664. The number of fused-ring (bicyclic) bond motifs is 10. The normalized spacial score (nSPS) is 13.1. The molecule has 0 fully saturated rings. The number of benzene rings is 8. The van der Waals surface area contributed by atoms with Crippen molar-refractivity contribution in [3.05, 3.63) is 187 Å². The summed E-state index contributed by atoms with van der Waals surface area (Å²) in [5, 5.41) is 6.08. The maximum atomic E-state index is 5.46. The Morgan fingerprint density at radius 1 is 0.463 bits per heavy atom. The van der Waals surface area contributed by atoms with Gasteiger partial charge in [-0.25, -0.2) is 9.97 Å². The Morgan fingerprint density at radius 2 is 1.17 bits per heavy atom. The number of rotatable bonds is 4. The predicted molar refractivity (Wildman–Crippen MR) is 225 cm³/mol. The molecular weight excluding hydrogens is 655 g/mol. The Balaban J connectivity index is 1.13. The molecule has 0 atom stereocenters. The van der Waals surface area contributed by atoms with Crippen LogP contribution in [0.5, 0.6) is 0 Å². The smallest absolute Gasteiger partial charge is 0.160 e. The second-order valence-corrected chi connectivity index (χ2v) is 15.0. The fourth-order valence-corrected chi connectivity index (χ4v) is 9.06. The zero-order valence-electron chi connectivity index (χ0n) is 30.1. The average Bonchev–Trinajstić information content (AvgIpc) is 3.69. The van der Waals surface area contributed by atoms with Crippen LogP contribution in [0, 0.1) is 0 Å². The summed E-state index contributed by atoms with van der Waals surface area (Å²) in [5.74, 6) is 0.733. The van der Waals surface area contributed by atoms with Crippen LogP contribution in [-0.2, 0) is 5.41 Å². The Bertz CT molecular complexity index is 3120. The summed E-state index contributed by atoms with van der Waals surface area (Å²) < 4.78 is 2.39. The van der Waals surface area contributed by atoms with E-state index in [9.17, 15) is 0 Å². The van der Waals surface area contributed by atoms with Crippen molar-refractivity contribution in [2.75, 3.05) is 0 Å². The van der Waals surface area contributed by atoms with Gasteiger partial charge in [0.25, 0.3) is 0 Å². The van der Waals surface area contributed by atoms with Crippen molar-refractivity contribution >= 4 is 43.5 Å².